The van der Waals surface area contributed by atoms with E-state index >= 15 is 0 Å². The molecule has 1 aliphatic rings. The molecule has 1 aromatic rings. The molecule has 0 aromatic carbocycles. The van der Waals surface area contributed by atoms with Gasteiger partial charge in [-0.2, -0.15) is 4.98 Å². The van der Waals surface area contributed by atoms with Crippen molar-refractivity contribution in [3.8, 4) is 0 Å². The lowest BCUT2D eigenvalue weighted by atomic mass is 10.1. The minimum atomic E-state index is -0.364. The van der Waals surface area contributed by atoms with Gasteiger partial charge in [0.25, 0.3) is 0 Å². The van der Waals surface area contributed by atoms with Gasteiger partial charge in [0.15, 0.2) is 0 Å². The fourth-order valence-corrected chi connectivity index (χ4v) is 2.31. The molecule has 3 N–H and O–H groups in total. The molecule has 0 aliphatic heterocycles. The molecule has 6 heteroatoms. The van der Waals surface area contributed by atoms with Crippen LogP contribution in [0.15, 0.2) is 0 Å². The monoisotopic (exact) mass is 239 g/mol. The van der Waals surface area contributed by atoms with E-state index in [0.29, 0.717) is 11.9 Å². The van der Waals surface area contributed by atoms with Crippen LogP contribution in [0.4, 0.5) is 11.9 Å². The predicted octanol–water partition coefficient (Wildman–Crippen LogP) is 0.792. The normalized spacial score (nSPS) is 25.6. The number of nitrogens with zero attached hydrogens (tertiary/aromatic N) is 4. The Bertz CT molecular complexity index is 376. The number of aromatic nitrogens is 3. The van der Waals surface area contributed by atoms with Crippen molar-refractivity contribution in [3.05, 3.63) is 0 Å². The second kappa shape index (κ2) is 4.91. The Hall–Kier alpha value is -1.30. The van der Waals surface area contributed by atoms with Crippen LogP contribution in [-0.4, -0.2) is 40.1 Å². The molecule has 2 rings (SSSR count). The molecule has 17 heavy (non-hydrogen) atoms. The summed E-state index contributed by atoms with van der Waals surface area (Å²) in [6.07, 6.45) is 4.73. The third kappa shape index (κ3) is 2.52. The van der Waals surface area contributed by atoms with Gasteiger partial charge in [0.1, 0.15) is 0 Å². The fraction of sp³-hybridized carbons (Fsp3) is 0.818. The van der Waals surface area contributed by atoms with Crippen molar-refractivity contribution in [3.63, 3.8) is 0 Å². The van der Waals surface area contributed by atoms with Gasteiger partial charge in [-0.25, -0.2) is 4.68 Å². The molecule has 0 radical (unpaired) electrons. The summed E-state index contributed by atoms with van der Waals surface area (Å²) < 4.78 is 1.69. The summed E-state index contributed by atoms with van der Waals surface area (Å²) in [4.78, 5) is 6.01. The minimum absolute atomic E-state index is 0.0290. The van der Waals surface area contributed by atoms with E-state index < -0.39 is 0 Å². The van der Waals surface area contributed by atoms with Gasteiger partial charge in [-0.1, -0.05) is 19.3 Å². The lowest BCUT2D eigenvalue weighted by molar-refractivity contribution is 0.100. The Morgan fingerprint density at radius 3 is 2.65 bits per heavy atom. The third-order valence-corrected chi connectivity index (χ3v) is 3.30. The van der Waals surface area contributed by atoms with Crippen LogP contribution in [0.3, 0.4) is 0 Å². The number of hydrogen-bond donors (Lipinski definition) is 2. The predicted molar refractivity (Wildman–Crippen MR) is 66.9 cm³/mol. The van der Waals surface area contributed by atoms with Crippen LogP contribution < -0.4 is 10.6 Å². The largest absolute Gasteiger partial charge is 0.391 e. The molecule has 0 amide bonds. The maximum absolute atomic E-state index is 10.1. The van der Waals surface area contributed by atoms with E-state index in [2.05, 4.69) is 10.1 Å². The van der Waals surface area contributed by atoms with Crippen LogP contribution in [0.25, 0.3) is 0 Å². The highest BCUT2D eigenvalue weighted by Crippen LogP contribution is 2.29. The highest BCUT2D eigenvalue weighted by Gasteiger charge is 2.26. The van der Waals surface area contributed by atoms with Gasteiger partial charge in [-0.05, 0) is 12.8 Å². The molecular formula is C11H21N5O. The van der Waals surface area contributed by atoms with Gasteiger partial charge in [-0.3, -0.25) is 0 Å². The molecule has 1 aliphatic carbocycles. The molecule has 2 atom stereocenters. The number of anilines is 2. The van der Waals surface area contributed by atoms with Crippen molar-refractivity contribution in [2.45, 2.75) is 44.2 Å². The zero-order valence-electron chi connectivity index (χ0n) is 10.5. The maximum Gasteiger partial charge on any atom is 0.246 e. The summed E-state index contributed by atoms with van der Waals surface area (Å²) in [5.41, 5.74) is 5.87. The number of aliphatic hydroxyl groups is 1. The molecule has 1 fully saturated rings. The highest BCUT2D eigenvalue weighted by atomic mass is 16.3. The minimum Gasteiger partial charge on any atom is -0.391 e. The summed E-state index contributed by atoms with van der Waals surface area (Å²) >= 11 is 0. The number of aliphatic hydroxyl groups excluding tert-OH is 1. The van der Waals surface area contributed by atoms with Gasteiger partial charge < -0.3 is 15.7 Å². The zero-order valence-corrected chi connectivity index (χ0v) is 10.5. The average Bonchev–Trinajstić information content (AvgIpc) is 2.53. The van der Waals surface area contributed by atoms with E-state index in [1.807, 2.05) is 19.0 Å². The van der Waals surface area contributed by atoms with Crippen LogP contribution in [0.2, 0.25) is 0 Å². The van der Waals surface area contributed by atoms with Crippen molar-refractivity contribution in [2.24, 2.45) is 0 Å². The van der Waals surface area contributed by atoms with Gasteiger partial charge in [-0.15, -0.1) is 5.10 Å². The Kier molecular flexibility index (Phi) is 3.51. The molecule has 0 bridgehead atoms. The molecule has 0 spiro atoms. The standard InChI is InChI=1S/C11H21N5O/c1-15(2)11-13-10(12)16(14-11)8-6-4-3-5-7-9(8)17/h8-9,17H,3-7H2,1-2H3,(H2,12,13,14). The van der Waals surface area contributed by atoms with Gasteiger partial charge in [0.2, 0.25) is 11.9 Å². The molecule has 1 saturated carbocycles. The highest BCUT2D eigenvalue weighted by molar-refractivity contribution is 5.33. The quantitative estimate of drug-likeness (QED) is 0.746. The van der Waals surface area contributed by atoms with Crippen molar-refractivity contribution >= 4 is 11.9 Å². The van der Waals surface area contributed by atoms with E-state index in [-0.39, 0.29) is 12.1 Å². The molecule has 6 nitrogen and oxygen atoms in total. The van der Waals surface area contributed by atoms with Crippen LogP contribution in [0.5, 0.6) is 0 Å². The summed E-state index contributed by atoms with van der Waals surface area (Å²) in [6.45, 7) is 0. The SMILES string of the molecule is CN(C)c1nc(N)n(C2CCCCCC2O)n1. The van der Waals surface area contributed by atoms with E-state index in [1.165, 1.54) is 6.42 Å². The van der Waals surface area contributed by atoms with Gasteiger partial charge >= 0.3 is 0 Å². The number of rotatable bonds is 2. The Morgan fingerprint density at radius 1 is 1.29 bits per heavy atom. The van der Waals surface area contributed by atoms with Crippen molar-refractivity contribution in [2.75, 3.05) is 24.7 Å². The number of hydrogen-bond acceptors (Lipinski definition) is 5. The molecule has 96 valence electrons. The van der Waals surface area contributed by atoms with Crippen LogP contribution in [0.1, 0.15) is 38.1 Å². The molecule has 1 heterocycles. The molecule has 0 saturated heterocycles. The van der Waals surface area contributed by atoms with Crippen LogP contribution in [-0.2, 0) is 0 Å². The Balaban J connectivity index is 2.25. The second-order valence-corrected chi connectivity index (χ2v) is 4.88. The Morgan fingerprint density at radius 2 is 2.00 bits per heavy atom. The van der Waals surface area contributed by atoms with E-state index in [4.69, 9.17) is 5.73 Å². The summed E-state index contributed by atoms with van der Waals surface area (Å²) in [5, 5.41) is 14.5. The Labute approximate surface area is 101 Å². The topological polar surface area (TPSA) is 80.2 Å². The van der Waals surface area contributed by atoms with Gasteiger partial charge in [0, 0.05) is 14.1 Å². The van der Waals surface area contributed by atoms with Crippen LogP contribution in [0, 0.1) is 0 Å². The molecule has 1 aromatic heterocycles. The maximum atomic E-state index is 10.1. The van der Waals surface area contributed by atoms with E-state index in [9.17, 15) is 5.11 Å². The van der Waals surface area contributed by atoms with Crippen molar-refractivity contribution in [1.82, 2.24) is 14.8 Å². The van der Waals surface area contributed by atoms with Gasteiger partial charge in [0.05, 0.1) is 12.1 Å². The number of nitrogens with two attached hydrogens (primary N) is 1. The molecule has 2 unspecified atom stereocenters. The summed E-state index contributed by atoms with van der Waals surface area (Å²) in [7, 11) is 3.76. The van der Waals surface area contributed by atoms with E-state index in [0.717, 1.165) is 25.7 Å². The van der Waals surface area contributed by atoms with Crippen LogP contribution >= 0.6 is 0 Å². The summed E-state index contributed by atoms with van der Waals surface area (Å²) in [6, 6.07) is -0.0290. The first-order valence-electron chi connectivity index (χ1n) is 6.17. The third-order valence-electron chi connectivity index (χ3n) is 3.30. The lowest BCUT2D eigenvalue weighted by Gasteiger charge is -2.21. The lowest BCUT2D eigenvalue weighted by Crippen LogP contribution is -2.25. The number of nitrogen functional groups attached to an aromatic ring is 1. The first kappa shape index (κ1) is 12.2. The average molecular weight is 239 g/mol. The molecular weight excluding hydrogens is 218 g/mol. The summed E-state index contributed by atoms with van der Waals surface area (Å²) in [5.74, 6) is 0.985. The first-order valence-corrected chi connectivity index (χ1v) is 6.17. The van der Waals surface area contributed by atoms with Crippen molar-refractivity contribution < 1.29 is 5.11 Å². The second-order valence-electron chi connectivity index (χ2n) is 4.88. The van der Waals surface area contributed by atoms with E-state index in [1.54, 1.807) is 4.68 Å². The first-order chi connectivity index (χ1) is 8.09. The fourth-order valence-electron chi connectivity index (χ4n) is 2.31. The smallest absolute Gasteiger partial charge is 0.246 e. The van der Waals surface area contributed by atoms with Crippen molar-refractivity contribution in [1.29, 1.82) is 0 Å². The zero-order chi connectivity index (χ0) is 12.4.